The lowest BCUT2D eigenvalue weighted by atomic mass is 10.1. The monoisotopic (exact) mass is 337 g/mol. The predicted octanol–water partition coefficient (Wildman–Crippen LogP) is 3.38. The first-order chi connectivity index (χ1) is 11.3. The van der Waals surface area contributed by atoms with Gasteiger partial charge in [-0.05, 0) is 32.6 Å². The van der Waals surface area contributed by atoms with Gasteiger partial charge in [0.15, 0.2) is 5.69 Å². The fraction of sp³-hybridized carbons (Fsp3) is 0.722. The molecule has 1 rings (SSSR count). The Hall–Kier alpha value is -1.85. The van der Waals surface area contributed by atoms with Gasteiger partial charge in [-0.25, -0.2) is 4.98 Å². The Balaban J connectivity index is 2.81. The first kappa shape index (κ1) is 20.2. The average molecular weight is 337 g/mol. The molecular formula is C18H31N3O3. The minimum absolute atomic E-state index is 0.0851. The van der Waals surface area contributed by atoms with Crippen LogP contribution in [0.25, 0.3) is 0 Å². The first-order valence-corrected chi connectivity index (χ1v) is 8.83. The Morgan fingerprint density at radius 2 is 1.88 bits per heavy atom. The second-order valence-electron chi connectivity index (χ2n) is 6.79. The van der Waals surface area contributed by atoms with Crippen LogP contribution in [0, 0.1) is 5.92 Å². The number of nitrogens with one attached hydrogen (secondary N) is 1. The van der Waals surface area contributed by atoms with Gasteiger partial charge in [0.25, 0.3) is 5.91 Å². The van der Waals surface area contributed by atoms with E-state index in [9.17, 15) is 9.59 Å². The highest BCUT2D eigenvalue weighted by Crippen LogP contribution is 2.15. The van der Waals surface area contributed by atoms with Gasteiger partial charge >= 0.3 is 0 Å². The molecule has 2 amide bonds. The molecule has 0 bridgehead atoms. The molecule has 1 aromatic rings. The number of rotatable bonds is 9. The molecule has 0 aliphatic heterocycles. The van der Waals surface area contributed by atoms with Gasteiger partial charge < -0.3 is 14.6 Å². The second kappa shape index (κ2) is 9.45. The molecular weight excluding hydrogens is 306 g/mol. The van der Waals surface area contributed by atoms with Gasteiger partial charge in [0.1, 0.15) is 6.26 Å². The summed E-state index contributed by atoms with van der Waals surface area (Å²) in [7, 11) is 0. The molecule has 0 spiro atoms. The van der Waals surface area contributed by atoms with Crippen LogP contribution in [-0.4, -0.2) is 33.8 Å². The summed E-state index contributed by atoms with van der Waals surface area (Å²) in [6.07, 6.45) is 3.55. The molecule has 0 saturated carbocycles. The number of carbonyl (C=O) groups excluding carboxylic acids is 2. The number of carbonyl (C=O) groups is 2. The number of aromatic nitrogens is 1. The minimum Gasteiger partial charge on any atom is -0.446 e. The maximum absolute atomic E-state index is 12.5. The van der Waals surface area contributed by atoms with Gasteiger partial charge in [-0.15, -0.1) is 0 Å². The van der Waals surface area contributed by atoms with Crippen molar-refractivity contribution in [2.75, 3.05) is 0 Å². The van der Waals surface area contributed by atoms with Crippen molar-refractivity contribution in [2.24, 2.45) is 5.92 Å². The van der Waals surface area contributed by atoms with Crippen molar-refractivity contribution >= 4 is 11.8 Å². The van der Waals surface area contributed by atoms with Gasteiger partial charge in [-0.2, -0.15) is 0 Å². The zero-order valence-electron chi connectivity index (χ0n) is 15.8. The molecule has 0 fully saturated rings. The van der Waals surface area contributed by atoms with Crippen LogP contribution < -0.4 is 5.32 Å². The molecule has 136 valence electrons. The van der Waals surface area contributed by atoms with Crippen molar-refractivity contribution in [3.63, 3.8) is 0 Å². The van der Waals surface area contributed by atoms with Crippen molar-refractivity contribution in [1.82, 2.24) is 15.2 Å². The van der Waals surface area contributed by atoms with E-state index < -0.39 is 0 Å². The highest BCUT2D eigenvalue weighted by atomic mass is 16.3. The summed E-state index contributed by atoms with van der Waals surface area (Å²) in [6, 6.07) is 0.183. The van der Waals surface area contributed by atoms with E-state index in [1.807, 2.05) is 41.5 Å². The normalized spacial score (nSPS) is 13.6. The summed E-state index contributed by atoms with van der Waals surface area (Å²) in [5.74, 6) is 0.526. The zero-order valence-corrected chi connectivity index (χ0v) is 15.8. The molecule has 1 aromatic heterocycles. The van der Waals surface area contributed by atoms with Crippen LogP contribution in [0.2, 0.25) is 0 Å². The molecule has 2 atom stereocenters. The quantitative estimate of drug-likeness (QED) is 0.749. The van der Waals surface area contributed by atoms with Crippen LogP contribution in [0.5, 0.6) is 0 Å². The third-order valence-electron chi connectivity index (χ3n) is 4.11. The molecule has 0 aromatic carbocycles. The first-order valence-electron chi connectivity index (χ1n) is 8.83. The van der Waals surface area contributed by atoms with Crippen molar-refractivity contribution in [2.45, 2.75) is 79.4 Å². The fourth-order valence-corrected chi connectivity index (χ4v) is 2.21. The highest BCUT2D eigenvalue weighted by molar-refractivity contribution is 5.92. The van der Waals surface area contributed by atoms with Gasteiger partial charge in [-0.1, -0.05) is 27.7 Å². The van der Waals surface area contributed by atoms with Crippen molar-refractivity contribution in [3.05, 3.63) is 17.8 Å². The Labute approximate surface area is 145 Å². The lowest BCUT2D eigenvalue weighted by Crippen LogP contribution is -2.38. The lowest BCUT2D eigenvalue weighted by molar-refractivity contribution is -0.135. The largest absolute Gasteiger partial charge is 0.446 e. The summed E-state index contributed by atoms with van der Waals surface area (Å²) in [5, 5.41) is 2.85. The number of hydrogen-bond donors (Lipinski definition) is 1. The van der Waals surface area contributed by atoms with Crippen LogP contribution in [0.15, 0.2) is 10.7 Å². The molecule has 0 aliphatic rings. The summed E-state index contributed by atoms with van der Waals surface area (Å²) in [4.78, 5) is 30.6. The molecule has 0 unspecified atom stereocenters. The van der Waals surface area contributed by atoms with Crippen molar-refractivity contribution < 1.29 is 14.0 Å². The van der Waals surface area contributed by atoms with E-state index in [1.165, 1.54) is 6.26 Å². The van der Waals surface area contributed by atoms with E-state index in [-0.39, 0.29) is 36.1 Å². The number of hydrogen-bond acceptors (Lipinski definition) is 4. The van der Waals surface area contributed by atoms with Gasteiger partial charge in [-0.3, -0.25) is 9.59 Å². The number of amides is 2. The smallest absolute Gasteiger partial charge is 0.273 e. The molecule has 0 saturated heterocycles. The molecule has 24 heavy (non-hydrogen) atoms. The van der Waals surface area contributed by atoms with Crippen LogP contribution >= 0.6 is 0 Å². The fourth-order valence-electron chi connectivity index (χ4n) is 2.21. The SMILES string of the molecule is CC[C@@H](C)NC(=O)c1coc(CN(C(=O)CC(C)C)[C@@H](C)CC)n1. The van der Waals surface area contributed by atoms with Crippen molar-refractivity contribution in [3.8, 4) is 0 Å². The number of oxazole rings is 1. The summed E-state index contributed by atoms with van der Waals surface area (Å²) >= 11 is 0. The lowest BCUT2D eigenvalue weighted by Gasteiger charge is -2.28. The van der Waals surface area contributed by atoms with Crippen LogP contribution in [0.4, 0.5) is 0 Å². The summed E-state index contributed by atoms with van der Waals surface area (Å²) in [5.41, 5.74) is 0.255. The van der Waals surface area contributed by atoms with E-state index >= 15 is 0 Å². The van der Waals surface area contributed by atoms with E-state index in [0.29, 0.717) is 18.2 Å². The van der Waals surface area contributed by atoms with E-state index in [4.69, 9.17) is 4.42 Å². The maximum Gasteiger partial charge on any atom is 0.273 e. The second-order valence-corrected chi connectivity index (χ2v) is 6.79. The maximum atomic E-state index is 12.5. The topological polar surface area (TPSA) is 75.4 Å². The summed E-state index contributed by atoms with van der Waals surface area (Å²) in [6.45, 7) is 12.3. The zero-order chi connectivity index (χ0) is 18.3. The van der Waals surface area contributed by atoms with Crippen LogP contribution in [0.3, 0.4) is 0 Å². The molecule has 1 N–H and O–H groups in total. The van der Waals surface area contributed by atoms with Crippen molar-refractivity contribution in [1.29, 1.82) is 0 Å². The Morgan fingerprint density at radius 3 is 2.42 bits per heavy atom. The van der Waals surface area contributed by atoms with Gasteiger partial charge in [0.05, 0.1) is 6.54 Å². The van der Waals surface area contributed by atoms with E-state index in [2.05, 4.69) is 10.3 Å². The Bertz CT molecular complexity index is 539. The molecule has 0 aliphatic carbocycles. The third kappa shape index (κ3) is 5.98. The Kier molecular flexibility index (Phi) is 7.95. The third-order valence-corrected chi connectivity index (χ3v) is 4.11. The Morgan fingerprint density at radius 1 is 1.21 bits per heavy atom. The van der Waals surface area contributed by atoms with Crippen LogP contribution in [-0.2, 0) is 11.3 Å². The number of nitrogens with zero attached hydrogens (tertiary/aromatic N) is 2. The molecule has 6 heteroatoms. The molecule has 1 heterocycles. The van der Waals surface area contributed by atoms with Gasteiger partial charge in [0.2, 0.25) is 11.8 Å². The standard InChI is InChI=1S/C18H31N3O3/c1-7-13(5)19-18(23)15-11-24-16(20-15)10-21(14(6)8-2)17(22)9-12(3)4/h11-14H,7-10H2,1-6H3,(H,19,23)/t13-,14+/m1/s1. The minimum atomic E-state index is -0.247. The highest BCUT2D eigenvalue weighted by Gasteiger charge is 2.23. The average Bonchev–Trinajstić information content (AvgIpc) is 2.99. The summed E-state index contributed by atoms with van der Waals surface area (Å²) < 4.78 is 5.42. The predicted molar refractivity (Wildman–Crippen MR) is 93.5 cm³/mol. The van der Waals surface area contributed by atoms with E-state index in [0.717, 1.165) is 12.8 Å². The van der Waals surface area contributed by atoms with Crippen LogP contribution in [0.1, 0.15) is 77.2 Å². The molecule has 6 nitrogen and oxygen atoms in total. The van der Waals surface area contributed by atoms with Gasteiger partial charge in [0, 0.05) is 18.5 Å². The molecule has 0 radical (unpaired) electrons. The van der Waals surface area contributed by atoms with E-state index in [1.54, 1.807) is 4.90 Å².